The number of benzene rings is 1. The Morgan fingerprint density at radius 1 is 1.00 bits per heavy atom. The van der Waals surface area contributed by atoms with Gasteiger partial charge in [-0.05, 0) is 75.4 Å². The zero-order valence-electron chi connectivity index (χ0n) is 10.4. The quantitative estimate of drug-likeness (QED) is 0.445. The van der Waals surface area contributed by atoms with Gasteiger partial charge < -0.3 is 0 Å². The number of aryl methyl sites for hydroxylation is 3. The lowest BCUT2D eigenvalue weighted by atomic mass is 9.97. The number of halogens is 3. The van der Waals surface area contributed by atoms with E-state index in [1.54, 1.807) is 11.3 Å². The average Bonchev–Trinajstić information content (AvgIpc) is 2.57. The SMILES string of the molecule is Cc1cc(C)c(C(Br)c2cc(Br)c(Br)s2)c(C)c1. The Morgan fingerprint density at radius 3 is 2.00 bits per heavy atom. The van der Waals surface area contributed by atoms with Crippen LogP contribution in [0.25, 0.3) is 0 Å². The smallest absolute Gasteiger partial charge is 0.0843 e. The predicted octanol–water partition coefficient (Wildman–Crippen LogP) is 6.68. The van der Waals surface area contributed by atoms with E-state index in [1.165, 1.54) is 27.1 Å². The molecule has 2 rings (SSSR count). The van der Waals surface area contributed by atoms with E-state index in [0.29, 0.717) is 0 Å². The van der Waals surface area contributed by atoms with Crippen LogP contribution in [0.1, 0.15) is 32.0 Å². The number of alkyl halides is 1. The summed E-state index contributed by atoms with van der Waals surface area (Å²) in [6, 6.07) is 6.66. The molecule has 2 aromatic rings. The van der Waals surface area contributed by atoms with Crippen LogP contribution in [0.3, 0.4) is 0 Å². The third-order valence-corrected chi connectivity index (χ3v) is 7.48. The number of hydrogen-bond donors (Lipinski definition) is 0. The summed E-state index contributed by atoms with van der Waals surface area (Å²) in [5, 5.41) is 0. The molecule has 0 spiro atoms. The molecule has 0 bridgehead atoms. The van der Waals surface area contributed by atoms with Crippen LogP contribution in [0.5, 0.6) is 0 Å². The van der Waals surface area contributed by atoms with Crippen LogP contribution in [0.15, 0.2) is 26.5 Å². The monoisotopic (exact) mass is 450 g/mol. The third-order valence-electron chi connectivity index (χ3n) is 2.91. The Morgan fingerprint density at radius 2 is 1.56 bits per heavy atom. The fraction of sp³-hybridized carbons (Fsp3) is 0.286. The fourth-order valence-corrected chi connectivity index (χ4v) is 5.43. The van der Waals surface area contributed by atoms with E-state index in [4.69, 9.17) is 0 Å². The summed E-state index contributed by atoms with van der Waals surface area (Å²) in [5.41, 5.74) is 5.38. The molecule has 0 nitrogen and oxygen atoms in total. The number of thiophene rings is 1. The van der Waals surface area contributed by atoms with Crippen molar-refractivity contribution in [1.29, 1.82) is 0 Å². The van der Waals surface area contributed by atoms with Gasteiger partial charge in [-0.25, -0.2) is 0 Å². The van der Waals surface area contributed by atoms with Crippen LogP contribution < -0.4 is 0 Å². The summed E-state index contributed by atoms with van der Waals surface area (Å²) >= 11 is 12.7. The van der Waals surface area contributed by atoms with Gasteiger partial charge in [-0.15, -0.1) is 11.3 Å². The molecule has 0 saturated carbocycles. The molecule has 1 unspecified atom stereocenters. The standard InChI is InChI=1S/C14H13Br3S/c1-7-4-8(2)12(9(3)5-7)13(16)11-6-10(15)14(17)18-11/h4-6,13H,1-3H3. The van der Waals surface area contributed by atoms with Gasteiger partial charge in [0.05, 0.1) is 8.61 Å². The van der Waals surface area contributed by atoms with Gasteiger partial charge in [0, 0.05) is 9.35 Å². The van der Waals surface area contributed by atoms with Crippen molar-refractivity contribution in [3.05, 3.63) is 53.6 Å². The zero-order chi connectivity index (χ0) is 13.4. The summed E-state index contributed by atoms with van der Waals surface area (Å²) in [5.74, 6) is 0. The van der Waals surface area contributed by atoms with Crippen LogP contribution >= 0.6 is 59.1 Å². The molecular formula is C14H13Br3S. The first kappa shape index (κ1) is 14.8. The molecule has 0 aliphatic rings. The van der Waals surface area contributed by atoms with Gasteiger partial charge in [0.15, 0.2) is 0 Å². The molecule has 1 aromatic carbocycles. The van der Waals surface area contributed by atoms with Crippen molar-refractivity contribution in [2.45, 2.75) is 25.6 Å². The van der Waals surface area contributed by atoms with E-state index in [-0.39, 0.29) is 4.83 Å². The first-order valence-corrected chi connectivity index (χ1v) is 8.88. The second-order valence-electron chi connectivity index (χ2n) is 4.45. The molecule has 96 valence electrons. The minimum Gasteiger partial charge on any atom is -0.131 e. The van der Waals surface area contributed by atoms with Gasteiger partial charge in [0.2, 0.25) is 0 Å². The highest BCUT2D eigenvalue weighted by atomic mass is 79.9. The third kappa shape index (κ3) is 2.92. The minimum absolute atomic E-state index is 0.255. The van der Waals surface area contributed by atoms with E-state index in [9.17, 15) is 0 Å². The number of hydrogen-bond acceptors (Lipinski definition) is 1. The van der Waals surface area contributed by atoms with E-state index in [0.717, 1.165) is 8.26 Å². The van der Waals surface area contributed by atoms with Gasteiger partial charge in [0.1, 0.15) is 0 Å². The largest absolute Gasteiger partial charge is 0.131 e. The van der Waals surface area contributed by atoms with Crippen LogP contribution in [0.2, 0.25) is 0 Å². The van der Waals surface area contributed by atoms with Gasteiger partial charge in [0.25, 0.3) is 0 Å². The van der Waals surface area contributed by atoms with Crippen molar-refractivity contribution in [2.75, 3.05) is 0 Å². The highest BCUT2D eigenvalue weighted by Gasteiger charge is 2.18. The molecule has 0 fully saturated rings. The normalized spacial score (nSPS) is 12.8. The summed E-state index contributed by atoms with van der Waals surface area (Å²) in [7, 11) is 0. The summed E-state index contributed by atoms with van der Waals surface area (Å²) in [6.45, 7) is 6.51. The maximum absolute atomic E-state index is 3.84. The molecule has 0 amide bonds. The van der Waals surface area contributed by atoms with Gasteiger partial charge in [-0.1, -0.05) is 33.6 Å². The van der Waals surface area contributed by atoms with E-state index < -0.39 is 0 Å². The van der Waals surface area contributed by atoms with Crippen LogP contribution in [-0.4, -0.2) is 0 Å². The van der Waals surface area contributed by atoms with Crippen molar-refractivity contribution in [2.24, 2.45) is 0 Å². The predicted molar refractivity (Wildman–Crippen MR) is 91.1 cm³/mol. The van der Waals surface area contributed by atoms with E-state index in [1.807, 2.05) is 0 Å². The fourth-order valence-electron chi connectivity index (χ4n) is 2.22. The minimum atomic E-state index is 0.255. The molecule has 0 aliphatic carbocycles. The lowest BCUT2D eigenvalue weighted by Crippen LogP contribution is -1.98. The van der Waals surface area contributed by atoms with E-state index in [2.05, 4.69) is 86.8 Å². The van der Waals surface area contributed by atoms with E-state index >= 15 is 0 Å². The van der Waals surface area contributed by atoms with Crippen molar-refractivity contribution in [1.82, 2.24) is 0 Å². The Hall–Kier alpha value is 0.360. The van der Waals surface area contributed by atoms with Gasteiger partial charge in [-0.3, -0.25) is 0 Å². The molecule has 0 aliphatic heterocycles. The summed E-state index contributed by atoms with van der Waals surface area (Å²) in [6.07, 6.45) is 0. The maximum Gasteiger partial charge on any atom is 0.0843 e. The topological polar surface area (TPSA) is 0 Å². The highest BCUT2D eigenvalue weighted by Crippen LogP contribution is 2.43. The molecule has 4 heteroatoms. The van der Waals surface area contributed by atoms with Crippen molar-refractivity contribution < 1.29 is 0 Å². The molecule has 1 aromatic heterocycles. The molecule has 18 heavy (non-hydrogen) atoms. The van der Waals surface area contributed by atoms with Crippen molar-refractivity contribution in [3.8, 4) is 0 Å². The molecule has 1 atom stereocenters. The molecule has 0 saturated heterocycles. The van der Waals surface area contributed by atoms with Crippen LogP contribution in [-0.2, 0) is 0 Å². The molecule has 0 radical (unpaired) electrons. The van der Waals surface area contributed by atoms with Crippen molar-refractivity contribution >= 4 is 59.1 Å². The van der Waals surface area contributed by atoms with Gasteiger partial charge in [-0.2, -0.15) is 0 Å². The second kappa shape index (κ2) is 5.78. The van der Waals surface area contributed by atoms with Crippen molar-refractivity contribution in [3.63, 3.8) is 0 Å². The Kier molecular flexibility index (Phi) is 4.74. The summed E-state index contributed by atoms with van der Waals surface area (Å²) in [4.78, 5) is 1.56. The Labute approximate surface area is 137 Å². The molecule has 0 N–H and O–H groups in total. The van der Waals surface area contributed by atoms with Crippen LogP contribution in [0, 0.1) is 20.8 Å². The van der Waals surface area contributed by atoms with Crippen LogP contribution in [0.4, 0.5) is 0 Å². The van der Waals surface area contributed by atoms with Gasteiger partial charge >= 0.3 is 0 Å². The Bertz CT molecular complexity index is 544. The first-order valence-electron chi connectivity index (χ1n) is 5.56. The first-order chi connectivity index (χ1) is 8.40. The maximum atomic E-state index is 3.84. The number of rotatable bonds is 2. The lowest BCUT2D eigenvalue weighted by Gasteiger charge is -2.16. The molecule has 1 heterocycles. The zero-order valence-corrected chi connectivity index (χ0v) is 15.9. The summed E-state index contributed by atoms with van der Waals surface area (Å²) < 4.78 is 2.26. The molecular weight excluding hydrogens is 440 g/mol. The lowest BCUT2D eigenvalue weighted by molar-refractivity contribution is 1.13. The Balaban J connectivity index is 2.49. The highest BCUT2D eigenvalue weighted by molar-refractivity contribution is 9.13. The second-order valence-corrected chi connectivity index (χ2v) is 8.62. The average molecular weight is 453 g/mol.